The first-order valence-corrected chi connectivity index (χ1v) is 9.30. The van der Waals surface area contributed by atoms with Gasteiger partial charge >= 0.3 is 0 Å². The molecule has 0 aromatic heterocycles. The maximum Gasteiger partial charge on any atom is 0.272 e. The van der Waals surface area contributed by atoms with Crippen molar-refractivity contribution in [2.75, 3.05) is 26.2 Å². The summed E-state index contributed by atoms with van der Waals surface area (Å²) in [6, 6.07) is 3.88. The van der Waals surface area contributed by atoms with Gasteiger partial charge in [-0.2, -0.15) is 0 Å². The predicted molar refractivity (Wildman–Crippen MR) is 107 cm³/mol. The number of nitro benzene ring substituents is 1. The van der Waals surface area contributed by atoms with E-state index >= 15 is 0 Å². The largest absolute Gasteiger partial charge is 0.340 e. The normalized spacial score (nSPS) is 24.2. The quantitative estimate of drug-likeness (QED) is 0.603. The topological polar surface area (TPSA) is 110 Å². The fraction of sp³-hybridized carbons (Fsp3) is 0.579. The van der Waals surface area contributed by atoms with Crippen LogP contribution in [0.15, 0.2) is 18.2 Å². The smallest absolute Gasteiger partial charge is 0.272 e. The van der Waals surface area contributed by atoms with Crippen LogP contribution in [-0.2, 0) is 4.79 Å². The number of nitrogens with zero attached hydrogens (tertiary/aromatic N) is 3. The van der Waals surface area contributed by atoms with Gasteiger partial charge in [0.05, 0.1) is 4.92 Å². The number of amides is 2. The van der Waals surface area contributed by atoms with E-state index in [4.69, 9.17) is 5.73 Å². The van der Waals surface area contributed by atoms with Gasteiger partial charge in [-0.25, -0.2) is 0 Å². The first kappa shape index (κ1) is 22.1. The van der Waals surface area contributed by atoms with Gasteiger partial charge in [-0.1, -0.05) is 6.92 Å². The molecule has 2 N–H and O–H groups in total. The molecule has 0 bridgehead atoms. The molecule has 0 radical (unpaired) electrons. The molecule has 2 saturated heterocycles. The number of carbonyl (C=O) groups excluding carboxylic acids is 2. The van der Waals surface area contributed by atoms with E-state index in [0.717, 1.165) is 12.8 Å². The van der Waals surface area contributed by atoms with Crippen LogP contribution in [0.2, 0.25) is 0 Å². The highest BCUT2D eigenvalue weighted by molar-refractivity contribution is 5.98. The molecule has 28 heavy (non-hydrogen) atoms. The molecule has 2 aliphatic rings. The maximum atomic E-state index is 13.0. The minimum atomic E-state index is -0.465. The van der Waals surface area contributed by atoms with Gasteiger partial charge in [0.1, 0.15) is 6.04 Å². The minimum absolute atomic E-state index is 0. The molecule has 3 rings (SSSR count). The average Bonchev–Trinajstić information content (AvgIpc) is 3.27. The van der Waals surface area contributed by atoms with Gasteiger partial charge in [0.2, 0.25) is 5.91 Å². The second kappa shape index (κ2) is 8.45. The van der Waals surface area contributed by atoms with Crippen LogP contribution >= 0.6 is 12.4 Å². The van der Waals surface area contributed by atoms with E-state index in [1.54, 1.807) is 11.8 Å². The van der Waals surface area contributed by atoms with Gasteiger partial charge in [0.25, 0.3) is 11.6 Å². The summed E-state index contributed by atoms with van der Waals surface area (Å²) < 4.78 is 0. The Hall–Kier alpha value is -2.19. The molecule has 0 saturated carbocycles. The van der Waals surface area contributed by atoms with E-state index in [-0.39, 0.29) is 35.3 Å². The lowest BCUT2D eigenvalue weighted by atomic mass is 9.90. The fourth-order valence-electron chi connectivity index (χ4n) is 4.01. The summed E-state index contributed by atoms with van der Waals surface area (Å²) in [7, 11) is 0. The third-order valence-electron chi connectivity index (χ3n) is 5.80. The molecule has 2 atom stereocenters. The van der Waals surface area contributed by atoms with Crippen molar-refractivity contribution in [3.05, 3.63) is 39.4 Å². The first-order chi connectivity index (χ1) is 12.8. The van der Waals surface area contributed by atoms with Gasteiger partial charge in [-0.15, -0.1) is 12.4 Å². The Bertz CT molecular complexity index is 787. The van der Waals surface area contributed by atoms with Crippen molar-refractivity contribution in [3.63, 3.8) is 0 Å². The standard InChI is InChI=1S/C19H26N4O4.ClH/c1-13-10-14(5-6-15(13)23(26)27)17(24)22-8-3-4-16(22)18(25)21-9-7-19(2,11-20)12-21;/h5-6,10,16H,3-4,7-9,11-12,20H2,1-2H3;1H. The van der Waals surface area contributed by atoms with Crippen LogP contribution in [0.5, 0.6) is 0 Å². The number of benzene rings is 1. The summed E-state index contributed by atoms with van der Waals surface area (Å²) in [6.07, 6.45) is 2.29. The molecule has 0 aliphatic carbocycles. The lowest BCUT2D eigenvalue weighted by Gasteiger charge is -2.29. The number of nitrogens with two attached hydrogens (primary N) is 1. The molecule has 0 spiro atoms. The molecule has 9 heteroatoms. The van der Waals surface area contributed by atoms with Crippen LogP contribution in [0.4, 0.5) is 5.69 Å². The van der Waals surface area contributed by atoms with E-state index in [1.807, 2.05) is 4.90 Å². The average molecular weight is 411 g/mol. The zero-order valence-corrected chi connectivity index (χ0v) is 17.0. The van der Waals surface area contributed by atoms with E-state index < -0.39 is 11.0 Å². The van der Waals surface area contributed by atoms with Crippen LogP contribution < -0.4 is 5.73 Å². The molecule has 1 aromatic carbocycles. The summed E-state index contributed by atoms with van der Waals surface area (Å²) in [6.45, 7) is 6.04. The number of carbonyl (C=O) groups is 2. The molecular formula is C19H27ClN4O4. The van der Waals surface area contributed by atoms with Crippen molar-refractivity contribution in [2.45, 2.75) is 39.2 Å². The number of halogens is 1. The second-order valence-corrected chi connectivity index (χ2v) is 7.94. The Balaban J connectivity index is 0.00000280. The third kappa shape index (κ3) is 4.12. The Morgan fingerprint density at radius 2 is 2.07 bits per heavy atom. The van der Waals surface area contributed by atoms with Crippen molar-refractivity contribution in [2.24, 2.45) is 11.1 Å². The molecule has 2 amide bonds. The number of nitro groups is 1. The van der Waals surface area contributed by atoms with Crippen LogP contribution in [-0.4, -0.2) is 58.8 Å². The molecule has 1 aromatic rings. The van der Waals surface area contributed by atoms with E-state index in [1.165, 1.54) is 18.2 Å². The Morgan fingerprint density at radius 3 is 2.64 bits per heavy atom. The molecule has 8 nitrogen and oxygen atoms in total. The SMILES string of the molecule is Cc1cc(C(=O)N2CCCC2C(=O)N2CCC(C)(CN)C2)ccc1[N+](=O)[O-].Cl. The summed E-state index contributed by atoms with van der Waals surface area (Å²) in [5, 5.41) is 11.0. The van der Waals surface area contributed by atoms with Gasteiger partial charge in [0, 0.05) is 36.8 Å². The van der Waals surface area contributed by atoms with Gasteiger partial charge in [0.15, 0.2) is 0 Å². The van der Waals surface area contributed by atoms with Gasteiger partial charge in [-0.3, -0.25) is 19.7 Å². The number of hydrogen-bond donors (Lipinski definition) is 1. The number of hydrogen-bond acceptors (Lipinski definition) is 5. The van der Waals surface area contributed by atoms with Crippen molar-refractivity contribution in [1.29, 1.82) is 0 Å². The van der Waals surface area contributed by atoms with Crippen LogP contribution in [0, 0.1) is 22.5 Å². The van der Waals surface area contributed by atoms with Crippen molar-refractivity contribution in [1.82, 2.24) is 9.80 Å². The predicted octanol–water partition coefficient (Wildman–Crippen LogP) is 2.13. The van der Waals surface area contributed by atoms with E-state index in [2.05, 4.69) is 6.92 Å². The Labute approximate surface area is 170 Å². The zero-order chi connectivity index (χ0) is 19.8. The summed E-state index contributed by atoms with van der Waals surface area (Å²) in [5.74, 6) is -0.263. The highest BCUT2D eigenvalue weighted by Gasteiger charge is 2.41. The Kier molecular flexibility index (Phi) is 6.67. The van der Waals surface area contributed by atoms with E-state index in [0.29, 0.717) is 43.7 Å². The molecule has 2 aliphatic heterocycles. The highest BCUT2D eigenvalue weighted by atomic mass is 35.5. The van der Waals surface area contributed by atoms with Crippen LogP contribution in [0.1, 0.15) is 42.1 Å². The van der Waals surface area contributed by atoms with Crippen molar-refractivity contribution in [3.8, 4) is 0 Å². The highest BCUT2D eigenvalue weighted by Crippen LogP contribution is 2.31. The van der Waals surface area contributed by atoms with Crippen LogP contribution in [0.25, 0.3) is 0 Å². The zero-order valence-electron chi connectivity index (χ0n) is 16.2. The lowest BCUT2D eigenvalue weighted by Crippen LogP contribution is -2.47. The number of aryl methyl sites for hydroxylation is 1. The van der Waals surface area contributed by atoms with Gasteiger partial charge in [-0.05, 0) is 50.3 Å². The van der Waals surface area contributed by atoms with Gasteiger partial charge < -0.3 is 15.5 Å². The second-order valence-electron chi connectivity index (χ2n) is 7.94. The number of likely N-dealkylation sites (tertiary alicyclic amines) is 2. The Morgan fingerprint density at radius 1 is 1.36 bits per heavy atom. The monoisotopic (exact) mass is 410 g/mol. The maximum absolute atomic E-state index is 13.0. The van der Waals surface area contributed by atoms with Crippen LogP contribution in [0.3, 0.4) is 0 Å². The third-order valence-corrected chi connectivity index (χ3v) is 5.80. The molecular weight excluding hydrogens is 384 g/mol. The first-order valence-electron chi connectivity index (χ1n) is 9.30. The molecule has 154 valence electrons. The minimum Gasteiger partial charge on any atom is -0.340 e. The van der Waals surface area contributed by atoms with Crippen molar-refractivity contribution < 1.29 is 14.5 Å². The summed E-state index contributed by atoms with van der Waals surface area (Å²) in [5.41, 5.74) is 6.58. The van der Waals surface area contributed by atoms with Crippen molar-refractivity contribution >= 4 is 29.9 Å². The fourth-order valence-corrected chi connectivity index (χ4v) is 4.01. The molecule has 2 unspecified atom stereocenters. The lowest BCUT2D eigenvalue weighted by molar-refractivity contribution is -0.385. The molecule has 2 heterocycles. The van der Waals surface area contributed by atoms with E-state index in [9.17, 15) is 19.7 Å². The molecule has 2 fully saturated rings. The summed E-state index contributed by atoms with van der Waals surface area (Å²) in [4.78, 5) is 39.9. The summed E-state index contributed by atoms with van der Waals surface area (Å²) >= 11 is 0. The number of rotatable bonds is 4.